The summed E-state index contributed by atoms with van der Waals surface area (Å²) in [5.74, 6) is 1.71. The van der Waals surface area contributed by atoms with Crippen molar-refractivity contribution in [3.05, 3.63) is 23.4 Å². The molecule has 0 amide bonds. The minimum atomic E-state index is 0.299. The van der Waals surface area contributed by atoms with Crippen LogP contribution in [0.1, 0.15) is 50.8 Å². The van der Waals surface area contributed by atoms with Gasteiger partial charge in [0.25, 0.3) is 0 Å². The first-order valence-corrected chi connectivity index (χ1v) is 8.20. The number of aryl methyl sites for hydroxylation is 1. The SMILES string of the molecule is CCCNC(CSC(C)CC)c1c(C)ccnc1N. The highest BCUT2D eigenvalue weighted by atomic mass is 32.2. The number of hydrogen-bond donors (Lipinski definition) is 2. The van der Waals surface area contributed by atoms with Crippen LogP contribution in [0.3, 0.4) is 0 Å². The van der Waals surface area contributed by atoms with E-state index in [1.54, 1.807) is 6.20 Å². The average molecular weight is 281 g/mol. The molecule has 1 rings (SSSR count). The molecular formula is C15H27N3S. The molecule has 0 radical (unpaired) electrons. The zero-order valence-electron chi connectivity index (χ0n) is 12.6. The minimum absolute atomic E-state index is 0.299. The Kier molecular flexibility index (Phi) is 7.24. The fourth-order valence-corrected chi connectivity index (χ4v) is 3.03. The Balaban J connectivity index is 2.83. The minimum Gasteiger partial charge on any atom is -0.383 e. The molecule has 0 aromatic carbocycles. The number of hydrogen-bond acceptors (Lipinski definition) is 4. The summed E-state index contributed by atoms with van der Waals surface area (Å²) < 4.78 is 0. The second-order valence-electron chi connectivity index (χ2n) is 4.99. The molecule has 1 aromatic rings. The number of nitrogens with two attached hydrogens (primary N) is 1. The summed E-state index contributed by atoms with van der Waals surface area (Å²) in [5, 5.41) is 4.29. The van der Waals surface area contributed by atoms with E-state index in [0.29, 0.717) is 17.1 Å². The van der Waals surface area contributed by atoms with Gasteiger partial charge in [-0.15, -0.1) is 0 Å². The van der Waals surface area contributed by atoms with Gasteiger partial charge in [0.1, 0.15) is 5.82 Å². The molecule has 0 spiro atoms. The Morgan fingerprint density at radius 2 is 2.16 bits per heavy atom. The van der Waals surface area contributed by atoms with Crippen molar-refractivity contribution in [3.63, 3.8) is 0 Å². The van der Waals surface area contributed by atoms with Crippen molar-refractivity contribution in [2.24, 2.45) is 0 Å². The largest absolute Gasteiger partial charge is 0.383 e. The topological polar surface area (TPSA) is 50.9 Å². The molecular weight excluding hydrogens is 254 g/mol. The van der Waals surface area contributed by atoms with Crippen LogP contribution in [0, 0.1) is 6.92 Å². The standard InChI is InChI=1S/C15H27N3S/c1-5-8-17-13(10-19-12(4)6-2)14-11(3)7-9-18-15(14)16/h7,9,12-13,17H,5-6,8,10H2,1-4H3,(H2,16,18). The van der Waals surface area contributed by atoms with Gasteiger partial charge < -0.3 is 11.1 Å². The Labute approximate surface area is 121 Å². The number of pyridine rings is 1. The van der Waals surface area contributed by atoms with Crippen molar-refractivity contribution in [2.75, 3.05) is 18.0 Å². The van der Waals surface area contributed by atoms with E-state index in [0.717, 1.165) is 18.7 Å². The first-order valence-electron chi connectivity index (χ1n) is 7.16. The van der Waals surface area contributed by atoms with E-state index < -0.39 is 0 Å². The molecule has 0 aliphatic heterocycles. The Morgan fingerprint density at radius 3 is 2.74 bits per heavy atom. The van der Waals surface area contributed by atoms with Crippen molar-refractivity contribution in [2.45, 2.75) is 51.8 Å². The van der Waals surface area contributed by atoms with Gasteiger partial charge in [-0.05, 0) is 37.9 Å². The molecule has 0 aliphatic rings. The van der Waals surface area contributed by atoms with Crippen molar-refractivity contribution in [1.82, 2.24) is 10.3 Å². The quantitative estimate of drug-likeness (QED) is 0.765. The van der Waals surface area contributed by atoms with Crippen LogP contribution in [-0.4, -0.2) is 22.5 Å². The predicted molar refractivity (Wildman–Crippen MR) is 86.6 cm³/mol. The van der Waals surface area contributed by atoms with Crippen LogP contribution < -0.4 is 11.1 Å². The third-order valence-electron chi connectivity index (χ3n) is 3.35. The van der Waals surface area contributed by atoms with Gasteiger partial charge in [-0.1, -0.05) is 20.8 Å². The second kappa shape index (κ2) is 8.43. The molecule has 0 bridgehead atoms. The molecule has 3 nitrogen and oxygen atoms in total. The molecule has 0 saturated carbocycles. The summed E-state index contributed by atoms with van der Waals surface area (Å²) in [7, 11) is 0. The van der Waals surface area contributed by atoms with Gasteiger partial charge >= 0.3 is 0 Å². The lowest BCUT2D eigenvalue weighted by atomic mass is 10.0. The third kappa shape index (κ3) is 5.03. The molecule has 0 fully saturated rings. The first kappa shape index (κ1) is 16.3. The van der Waals surface area contributed by atoms with Crippen LogP contribution in [0.5, 0.6) is 0 Å². The van der Waals surface area contributed by atoms with E-state index in [9.17, 15) is 0 Å². The fraction of sp³-hybridized carbons (Fsp3) is 0.667. The maximum atomic E-state index is 6.07. The molecule has 0 saturated heterocycles. The molecule has 2 unspecified atom stereocenters. The molecule has 4 heteroatoms. The van der Waals surface area contributed by atoms with E-state index >= 15 is 0 Å². The van der Waals surface area contributed by atoms with Gasteiger partial charge in [0.05, 0.1) is 0 Å². The van der Waals surface area contributed by atoms with Crippen molar-refractivity contribution < 1.29 is 0 Å². The van der Waals surface area contributed by atoms with Crippen LogP contribution in [0.4, 0.5) is 5.82 Å². The lowest BCUT2D eigenvalue weighted by Gasteiger charge is -2.23. The summed E-state index contributed by atoms with van der Waals surface area (Å²) in [5.41, 5.74) is 8.47. The van der Waals surface area contributed by atoms with Gasteiger partial charge in [0, 0.05) is 28.8 Å². The van der Waals surface area contributed by atoms with E-state index in [1.165, 1.54) is 17.5 Å². The average Bonchev–Trinajstić information content (AvgIpc) is 2.40. The van der Waals surface area contributed by atoms with Crippen molar-refractivity contribution in [3.8, 4) is 0 Å². The van der Waals surface area contributed by atoms with Crippen LogP contribution >= 0.6 is 11.8 Å². The number of rotatable bonds is 8. The summed E-state index contributed by atoms with van der Waals surface area (Å²) >= 11 is 2.00. The van der Waals surface area contributed by atoms with E-state index in [1.807, 2.05) is 17.8 Å². The molecule has 2 atom stereocenters. The van der Waals surface area contributed by atoms with Gasteiger partial charge in [-0.3, -0.25) is 0 Å². The monoisotopic (exact) mass is 281 g/mol. The van der Waals surface area contributed by atoms with Crippen molar-refractivity contribution >= 4 is 17.6 Å². The summed E-state index contributed by atoms with van der Waals surface area (Å²) in [6.45, 7) is 9.82. The van der Waals surface area contributed by atoms with Gasteiger partial charge in [0.15, 0.2) is 0 Å². The summed E-state index contributed by atoms with van der Waals surface area (Å²) in [4.78, 5) is 4.24. The third-order valence-corrected chi connectivity index (χ3v) is 4.78. The first-order chi connectivity index (χ1) is 9.10. The fourth-order valence-electron chi connectivity index (χ4n) is 1.99. The van der Waals surface area contributed by atoms with E-state index in [4.69, 9.17) is 5.73 Å². The molecule has 1 aromatic heterocycles. The highest BCUT2D eigenvalue weighted by Crippen LogP contribution is 2.27. The molecule has 19 heavy (non-hydrogen) atoms. The maximum Gasteiger partial charge on any atom is 0.128 e. The van der Waals surface area contributed by atoms with Gasteiger partial charge in [-0.25, -0.2) is 4.98 Å². The number of anilines is 1. The number of nitrogens with one attached hydrogen (secondary N) is 1. The zero-order valence-corrected chi connectivity index (χ0v) is 13.4. The number of nitrogens with zero attached hydrogens (tertiary/aromatic N) is 1. The normalized spacial score (nSPS) is 14.3. The van der Waals surface area contributed by atoms with E-state index in [-0.39, 0.29) is 0 Å². The number of thioether (sulfide) groups is 1. The highest BCUT2D eigenvalue weighted by Gasteiger charge is 2.17. The lowest BCUT2D eigenvalue weighted by molar-refractivity contribution is 0.574. The Hall–Kier alpha value is -0.740. The lowest BCUT2D eigenvalue weighted by Crippen LogP contribution is -2.26. The summed E-state index contributed by atoms with van der Waals surface area (Å²) in [6, 6.07) is 2.34. The van der Waals surface area contributed by atoms with Crippen LogP contribution in [0.25, 0.3) is 0 Å². The predicted octanol–water partition coefficient (Wildman–Crippen LogP) is 3.54. The highest BCUT2D eigenvalue weighted by molar-refractivity contribution is 7.99. The molecule has 108 valence electrons. The zero-order chi connectivity index (χ0) is 14.3. The second-order valence-corrected chi connectivity index (χ2v) is 6.46. The smallest absolute Gasteiger partial charge is 0.128 e. The van der Waals surface area contributed by atoms with E-state index in [2.05, 4.69) is 38.0 Å². The molecule has 1 heterocycles. The van der Waals surface area contributed by atoms with Gasteiger partial charge in [-0.2, -0.15) is 11.8 Å². The molecule has 0 aliphatic carbocycles. The Morgan fingerprint density at radius 1 is 1.42 bits per heavy atom. The van der Waals surface area contributed by atoms with Crippen LogP contribution in [0.15, 0.2) is 12.3 Å². The summed E-state index contributed by atoms with van der Waals surface area (Å²) in [6.07, 6.45) is 4.11. The van der Waals surface area contributed by atoms with Crippen molar-refractivity contribution in [1.29, 1.82) is 0 Å². The number of aromatic nitrogens is 1. The van der Waals surface area contributed by atoms with Gasteiger partial charge in [0.2, 0.25) is 0 Å². The number of nitrogen functional groups attached to an aromatic ring is 1. The molecule has 3 N–H and O–H groups in total. The Bertz CT molecular complexity index is 361. The maximum absolute atomic E-state index is 6.07. The van der Waals surface area contributed by atoms with Crippen LogP contribution in [-0.2, 0) is 0 Å². The van der Waals surface area contributed by atoms with Crippen LogP contribution in [0.2, 0.25) is 0 Å².